The van der Waals surface area contributed by atoms with Crippen LogP contribution in [0.4, 0.5) is 0 Å². The van der Waals surface area contributed by atoms with Crippen molar-refractivity contribution in [3.63, 3.8) is 0 Å². The molecule has 1 aromatic rings. The molecular weight excluding hydrogens is 256 g/mol. The molecule has 0 bridgehead atoms. The van der Waals surface area contributed by atoms with Crippen LogP contribution in [0.25, 0.3) is 0 Å². The lowest BCUT2D eigenvalue weighted by Crippen LogP contribution is -2.45. The van der Waals surface area contributed by atoms with Gasteiger partial charge in [-0.3, -0.25) is 14.5 Å². The van der Waals surface area contributed by atoms with Crippen LogP contribution in [0, 0.1) is 5.92 Å². The molecule has 1 heterocycles. The Balaban J connectivity index is 2.18. The van der Waals surface area contributed by atoms with Crippen LogP contribution in [0.3, 0.4) is 0 Å². The molecule has 1 aromatic carbocycles. The predicted molar refractivity (Wildman–Crippen MR) is 75.2 cm³/mol. The summed E-state index contributed by atoms with van der Waals surface area (Å²) in [5.74, 6) is -1.00. The minimum Gasteiger partial charge on any atom is -0.480 e. The smallest absolute Gasteiger partial charge is 0.325 e. The van der Waals surface area contributed by atoms with Crippen LogP contribution in [0.5, 0.6) is 0 Å². The van der Waals surface area contributed by atoms with Gasteiger partial charge in [0.2, 0.25) is 5.91 Å². The summed E-state index contributed by atoms with van der Waals surface area (Å²) in [6.45, 7) is 1.20. The van der Waals surface area contributed by atoms with Gasteiger partial charge in [-0.25, -0.2) is 0 Å². The molecule has 0 saturated carbocycles. The van der Waals surface area contributed by atoms with Gasteiger partial charge in [0.1, 0.15) is 6.04 Å². The van der Waals surface area contributed by atoms with Gasteiger partial charge in [0.25, 0.3) is 0 Å². The average Bonchev–Trinajstić information content (AvgIpc) is 2.47. The summed E-state index contributed by atoms with van der Waals surface area (Å²) in [6, 6.07) is 8.51. The number of carbonyl (C=O) groups is 2. The molecule has 108 valence electrons. The zero-order valence-electron chi connectivity index (χ0n) is 11.6. The third-order valence-electron chi connectivity index (χ3n) is 3.78. The molecular formula is C15H20N2O3. The van der Waals surface area contributed by atoms with E-state index in [9.17, 15) is 14.7 Å². The summed E-state index contributed by atoms with van der Waals surface area (Å²) in [5.41, 5.74) is 0.762. The number of benzene rings is 1. The van der Waals surface area contributed by atoms with Gasteiger partial charge in [-0.05, 0) is 24.9 Å². The quantitative estimate of drug-likeness (QED) is 0.869. The summed E-state index contributed by atoms with van der Waals surface area (Å²) < 4.78 is 0. The van der Waals surface area contributed by atoms with E-state index in [1.54, 1.807) is 7.05 Å². The summed E-state index contributed by atoms with van der Waals surface area (Å²) in [5, 5.41) is 12.2. The Bertz CT molecular complexity index is 475. The predicted octanol–water partition coefficient (Wildman–Crippen LogP) is 1.27. The molecule has 1 aliphatic heterocycles. The Hall–Kier alpha value is -1.88. The van der Waals surface area contributed by atoms with Crippen molar-refractivity contribution in [1.29, 1.82) is 0 Å². The Morgan fingerprint density at radius 1 is 1.35 bits per heavy atom. The standard InChI is InChI=1S/C15H20N2O3/c1-16-14(18)12-8-5-9-17(10-12)13(15(19)20)11-6-3-2-4-7-11/h2-4,6-7,12-13H,5,8-10H2,1H3,(H,16,18)(H,19,20). The number of carboxylic acid groups (broad SMARTS) is 1. The fourth-order valence-corrected chi connectivity index (χ4v) is 2.80. The monoisotopic (exact) mass is 276 g/mol. The highest BCUT2D eigenvalue weighted by molar-refractivity contribution is 5.79. The molecule has 1 amide bonds. The molecule has 0 spiro atoms. The first-order chi connectivity index (χ1) is 9.63. The minimum atomic E-state index is -0.867. The van der Waals surface area contributed by atoms with Gasteiger partial charge >= 0.3 is 5.97 Å². The van der Waals surface area contributed by atoms with E-state index in [0.29, 0.717) is 13.1 Å². The Morgan fingerprint density at radius 2 is 2.05 bits per heavy atom. The lowest BCUT2D eigenvalue weighted by atomic mass is 9.94. The summed E-state index contributed by atoms with van der Waals surface area (Å²) >= 11 is 0. The van der Waals surface area contributed by atoms with E-state index in [4.69, 9.17) is 0 Å². The number of hydrogen-bond donors (Lipinski definition) is 2. The summed E-state index contributed by atoms with van der Waals surface area (Å²) in [7, 11) is 1.62. The van der Waals surface area contributed by atoms with Crippen molar-refractivity contribution in [2.75, 3.05) is 20.1 Å². The van der Waals surface area contributed by atoms with Crippen LogP contribution >= 0.6 is 0 Å². The molecule has 5 nitrogen and oxygen atoms in total. The van der Waals surface area contributed by atoms with Crippen LogP contribution in [0.2, 0.25) is 0 Å². The minimum absolute atomic E-state index is 0.00750. The number of nitrogens with zero attached hydrogens (tertiary/aromatic N) is 1. The number of piperidine rings is 1. The van der Waals surface area contributed by atoms with Crippen molar-refractivity contribution in [3.8, 4) is 0 Å². The first kappa shape index (κ1) is 14.5. The maximum absolute atomic E-state index is 11.8. The molecule has 0 aliphatic carbocycles. The highest BCUT2D eigenvalue weighted by atomic mass is 16.4. The van der Waals surface area contributed by atoms with Crippen molar-refractivity contribution in [3.05, 3.63) is 35.9 Å². The molecule has 2 atom stereocenters. The van der Waals surface area contributed by atoms with Crippen LogP contribution in [0.1, 0.15) is 24.4 Å². The molecule has 2 N–H and O–H groups in total. The molecule has 2 rings (SSSR count). The van der Waals surface area contributed by atoms with Gasteiger partial charge in [-0.2, -0.15) is 0 Å². The van der Waals surface area contributed by atoms with Gasteiger partial charge in [-0.1, -0.05) is 30.3 Å². The molecule has 5 heteroatoms. The lowest BCUT2D eigenvalue weighted by Gasteiger charge is -2.35. The number of carboxylic acids is 1. The molecule has 20 heavy (non-hydrogen) atoms. The van der Waals surface area contributed by atoms with Gasteiger partial charge in [0.05, 0.1) is 5.92 Å². The Morgan fingerprint density at radius 3 is 2.65 bits per heavy atom. The van der Waals surface area contributed by atoms with E-state index in [0.717, 1.165) is 18.4 Å². The van der Waals surface area contributed by atoms with Gasteiger partial charge in [0.15, 0.2) is 0 Å². The second kappa shape index (κ2) is 6.52. The van der Waals surface area contributed by atoms with E-state index in [1.165, 1.54) is 0 Å². The van der Waals surface area contributed by atoms with Crippen LogP contribution in [0.15, 0.2) is 30.3 Å². The largest absolute Gasteiger partial charge is 0.480 e. The van der Waals surface area contributed by atoms with Gasteiger partial charge in [0, 0.05) is 13.6 Å². The summed E-state index contributed by atoms with van der Waals surface area (Å²) in [4.78, 5) is 25.2. The summed E-state index contributed by atoms with van der Waals surface area (Å²) in [6.07, 6.45) is 1.66. The number of nitrogens with one attached hydrogen (secondary N) is 1. The van der Waals surface area contributed by atoms with E-state index in [1.807, 2.05) is 35.2 Å². The second-order valence-corrected chi connectivity index (χ2v) is 5.10. The van der Waals surface area contributed by atoms with E-state index < -0.39 is 12.0 Å². The van der Waals surface area contributed by atoms with E-state index in [2.05, 4.69) is 5.32 Å². The maximum Gasteiger partial charge on any atom is 0.325 e. The molecule has 1 aliphatic rings. The van der Waals surface area contributed by atoms with Crippen molar-refractivity contribution in [2.45, 2.75) is 18.9 Å². The number of aliphatic carboxylic acids is 1. The number of hydrogen-bond acceptors (Lipinski definition) is 3. The van der Waals surface area contributed by atoms with Gasteiger partial charge < -0.3 is 10.4 Å². The topological polar surface area (TPSA) is 69.6 Å². The first-order valence-corrected chi connectivity index (χ1v) is 6.87. The van der Waals surface area contributed by atoms with Crippen molar-refractivity contribution < 1.29 is 14.7 Å². The second-order valence-electron chi connectivity index (χ2n) is 5.10. The molecule has 1 fully saturated rings. The average molecular weight is 276 g/mol. The fourth-order valence-electron chi connectivity index (χ4n) is 2.80. The van der Waals surface area contributed by atoms with Gasteiger partial charge in [-0.15, -0.1) is 0 Å². The van der Waals surface area contributed by atoms with Crippen molar-refractivity contribution >= 4 is 11.9 Å². The normalized spacial score (nSPS) is 21.1. The number of rotatable bonds is 4. The maximum atomic E-state index is 11.8. The molecule has 1 saturated heterocycles. The fraction of sp³-hybridized carbons (Fsp3) is 0.467. The van der Waals surface area contributed by atoms with E-state index in [-0.39, 0.29) is 11.8 Å². The SMILES string of the molecule is CNC(=O)C1CCCN(C(C(=O)O)c2ccccc2)C1. The van der Waals surface area contributed by atoms with Crippen LogP contribution in [-0.2, 0) is 9.59 Å². The van der Waals surface area contributed by atoms with E-state index >= 15 is 0 Å². The Labute approximate surface area is 118 Å². The lowest BCUT2D eigenvalue weighted by molar-refractivity contribution is -0.145. The Kier molecular flexibility index (Phi) is 4.74. The highest BCUT2D eigenvalue weighted by Gasteiger charge is 2.33. The van der Waals surface area contributed by atoms with Crippen LogP contribution in [-0.4, -0.2) is 42.0 Å². The molecule has 2 unspecified atom stereocenters. The highest BCUT2D eigenvalue weighted by Crippen LogP contribution is 2.27. The van der Waals surface area contributed by atoms with Crippen molar-refractivity contribution in [1.82, 2.24) is 10.2 Å². The number of carbonyl (C=O) groups excluding carboxylic acids is 1. The third kappa shape index (κ3) is 3.17. The molecule has 0 radical (unpaired) electrons. The number of likely N-dealkylation sites (tertiary alicyclic amines) is 1. The zero-order chi connectivity index (χ0) is 14.5. The first-order valence-electron chi connectivity index (χ1n) is 6.87. The van der Waals surface area contributed by atoms with Crippen molar-refractivity contribution in [2.24, 2.45) is 5.92 Å². The number of amides is 1. The third-order valence-corrected chi connectivity index (χ3v) is 3.78. The van der Waals surface area contributed by atoms with Crippen LogP contribution < -0.4 is 5.32 Å². The molecule has 0 aromatic heterocycles. The zero-order valence-corrected chi connectivity index (χ0v) is 11.6.